The maximum absolute atomic E-state index is 14.2. The highest BCUT2D eigenvalue weighted by Crippen LogP contribution is 2.30. The second kappa shape index (κ2) is 7.24. The maximum atomic E-state index is 14.2. The molecule has 3 nitrogen and oxygen atoms in total. The van der Waals surface area contributed by atoms with Gasteiger partial charge in [0.15, 0.2) is 0 Å². The molecule has 1 N–H and O–H groups in total. The van der Waals surface area contributed by atoms with Gasteiger partial charge in [0, 0.05) is 19.3 Å². The van der Waals surface area contributed by atoms with Crippen LogP contribution < -0.4 is 0 Å². The number of aryl methyl sites for hydroxylation is 1. The van der Waals surface area contributed by atoms with Crippen LogP contribution in [-0.2, 0) is 16.0 Å². The molecule has 0 radical (unpaired) electrons. The standard InChI is InChI=1S/C20H21FO3/c1-13-2-4-14(5-3-13)8-16-9-15(6-7-19(16)21)20-11-17(23)10-18(12-22)24-20/h2-7,9,18,20,22H,8,10-12H2,1H3/t18-,20+/m0/s1. The molecule has 4 heteroatoms. The fraction of sp³-hybridized carbons (Fsp3) is 0.350. The average Bonchev–Trinajstić information content (AvgIpc) is 2.58. The number of ether oxygens (including phenoxy) is 1. The van der Waals surface area contributed by atoms with E-state index in [0.29, 0.717) is 12.0 Å². The van der Waals surface area contributed by atoms with Gasteiger partial charge in [-0.2, -0.15) is 0 Å². The highest BCUT2D eigenvalue weighted by Gasteiger charge is 2.28. The van der Waals surface area contributed by atoms with Gasteiger partial charge in [-0.15, -0.1) is 0 Å². The molecule has 1 fully saturated rings. The summed E-state index contributed by atoms with van der Waals surface area (Å²) in [4.78, 5) is 11.8. The molecule has 3 rings (SSSR count). The van der Waals surface area contributed by atoms with E-state index in [1.54, 1.807) is 12.1 Å². The zero-order chi connectivity index (χ0) is 17.1. The van der Waals surface area contributed by atoms with Crippen molar-refractivity contribution >= 4 is 5.78 Å². The lowest BCUT2D eigenvalue weighted by atomic mass is 9.94. The highest BCUT2D eigenvalue weighted by molar-refractivity contribution is 5.80. The Kier molecular flexibility index (Phi) is 5.07. The number of Topliss-reactive ketones (excluding diaryl/α,β-unsaturated/α-hetero) is 1. The van der Waals surface area contributed by atoms with Crippen LogP contribution in [0, 0.1) is 12.7 Å². The van der Waals surface area contributed by atoms with E-state index in [9.17, 15) is 14.3 Å². The number of carbonyl (C=O) groups excluding carboxylic acids is 1. The number of hydrogen-bond acceptors (Lipinski definition) is 3. The summed E-state index contributed by atoms with van der Waals surface area (Å²) < 4.78 is 19.9. The van der Waals surface area contributed by atoms with Gasteiger partial charge in [0.25, 0.3) is 0 Å². The van der Waals surface area contributed by atoms with Gasteiger partial charge in [-0.3, -0.25) is 4.79 Å². The Morgan fingerprint density at radius 2 is 1.92 bits per heavy atom. The van der Waals surface area contributed by atoms with Crippen molar-refractivity contribution < 1.29 is 19.0 Å². The molecule has 126 valence electrons. The van der Waals surface area contributed by atoms with Crippen LogP contribution in [-0.4, -0.2) is 23.6 Å². The van der Waals surface area contributed by atoms with Gasteiger partial charge in [-0.05, 0) is 35.7 Å². The molecule has 2 aromatic rings. The molecule has 2 atom stereocenters. The third-order valence-electron chi connectivity index (χ3n) is 4.39. The summed E-state index contributed by atoms with van der Waals surface area (Å²) in [7, 11) is 0. The minimum Gasteiger partial charge on any atom is -0.394 e. The zero-order valence-corrected chi connectivity index (χ0v) is 13.7. The molecule has 0 amide bonds. The number of aliphatic hydroxyl groups is 1. The van der Waals surface area contributed by atoms with Crippen molar-refractivity contribution in [3.05, 3.63) is 70.5 Å². The summed E-state index contributed by atoms with van der Waals surface area (Å²) in [6, 6.07) is 12.8. The minimum atomic E-state index is -0.471. The number of hydrogen-bond donors (Lipinski definition) is 1. The van der Waals surface area contributed by atoms with Crippen LogP contribution in [0.5, 0.6) is 0 Å². The lowest BCUT2D eigenvalue weighted by Gasteiger charge is -2.28. The van der Waals surface area contributed by atoms with E-state index < -0.39 is 12.2 Å². The Hall–Kier alpha value is -2.04. The van der Waals surface area contributed by atoms with Crippen LogP contribution >= 0.6 is 0 Å². The molecular weight excluding hydrogens is 307 g/mol. The molecule has 1 heterocycles. The van der Waals surface area contributed by atoms with Crippen molar-refractivity contribution in [2.24, 2.45) is 0 Å². The summed E-state index contributed by atoms with van der Waals surface area (Å²) in [5.74, 6) is -0.199. The fourth-order valence-electron chi connectivity index (χ4n) is 3.03. The monoisotopic (exact) mass is 328 g/mol. The topological polar surface area (TPSA) is 46.5 Å². The van der Waals surface area contributed by atoms with Gasteiger partial charge in [0.2, 0.25) is 0 Å². The van der Waals surface area contributed by atoms with Crippen LogP contribution in [0.25, 0.3) is 0 Å². The van der Waals surface area contributed by atoms with Crippen molar-refractivity contribution in [2.45, 2.75) is 38.4 Å². The number of rotatable bonds is 4. The van der Waals surface area contributed by atoms with Crippen molar-refractivity contribution in [1.82, 2.24) is 0 Å². The number of benzene rings is 2. The molecule has 1 aliphatic heterocycles. The Bertz CT molecular complexity index is 724. The second-order valence-corrected chi connectivity index (χ2v) is 6.39. The van der Waals surface area contributed by atoms with Crippen LogP contribution in [0.4, 0.5) is 4.39 Å². The predicted octanol–water partition coefficient (Wildman–Crippen LogP) is 3.51. The zero-order valence-electron chi connectivity index (χ0n) is 13.7. The van der Waals surface area contributed by atoms with Gasteiger partial charge in [0.05, 0.1) is 18.8 Å². The second-order valence-electron chi connectivity index (χ2n) is 6.39. The fourth-order valence-corrected chi connectivity index (χ4v) is 3.03. The van der Waals surface area contributed by atoms with E-state index >= 15 is 0 Å². The molecule has 1 aliphatic rings. The smallest absolute Gasteiger partial charge is 0.138 e. The predicted molar refractivity (Wildman–Crippen MR) is 89.3 cm³/mol. The quantitative estimate of drug-likeness (QED) is 0.934. The van der Waals surface area contributed by atoms with E-state index in [1.807, 2.05) is 31.2 Å². The lowest BCUT2D eigenvalue weighted by molar-refractivity contribution is -0.139. The Morgan fingerprint density at radius 3 is 2.62 bits per heavy atom. The van der Waals surface area contributed by atoms with E-state index in [-0.39, 0.29) is 31.0 Å². The molecule has 0 aliphatic carbocycles. The summed E-state index contributed by atoms with van der Waals surface area (Å²) in [6.45, 7) is 1.83. The molecule has 0 saturated carbocycles. The van der Waals surface area contributed by atoms with Crippen LogP contribution in [0.1, 0.15) is 41.2 Å². The molecule has 0 aromatic heterocycles. The molecular formula is C20H21FO3. The molecule has 0 unspecified atom stereocenters. The van der Waals surface area contributed by atoms with E-state index in [2.05, 4.69) is 0 Å². The maximum Gasteiger partial charge on any atom is 0.138 e. The molecule has 0 spiro atoms. The van der Waals surface area contributed by atoms with E-state index in [0.717, 1.165) is 16.7 Å². The van der Waals surface area contributed by atoms with Crippen molar-refractivity contribution in [3.63, 3.8) is 0 Å². The van der Waals surface area contributed by atoms with Gasteiger partial charge in [-0.1, -0.05) is 35.9 Å². The van der Waals surface area contributed by atoms with Crippen LogP contribution in [0.3, 0.4) is 0 Å². The summed E-state index contributed by atoms with van der Waals surface area (Å²) in [5.41, 5.74) is 3.56. The SMILES string of the molecule is Cc1ccc(Cc2cc([C@H]3CC(=O)C[C@@H](CO)O3)ccc2F)cc1. The van der Waals surface area contributed by atoms with E-state index in [4.69, 9.17) is 4.74 Å². The first-order valence-corrected chi connectivity index (χ1v) is 8.17. The molecule has 1 saturated heterocycles. The lowest BCUT2D eigenvalue weighted by Crippen LogP contribution is -2.31. The van der Waals surface area contributed by atoms with Crippen molar-refractivity contribution in [2.75, 3.05) is 6.61 Å². The number of ketones is 1. The van der Waals surface area contributed by atoms with Crippen molar-refractivity contribution in [3.8, 4) is 0 Å². The van der Waals surface area contributed by atoms with Gasteiger partial charge < -0.3 is 9.84 Å². The Morgan fingerprint density at radius 1 is 1.17 bits per heavy atom. The van der Waals surface area contributed by atoms with Gasteiger partial charge in [-0.25, -0.2) is 4.39 Å². The average molecular weight is 328 g/mol. The van der Waals surface area contributed by atoms with Crippen LogP contribution in [0.15, 0.2) is 42.5 Å². The molecule has 2 aromatic carbocycles. The largest absolute Gasteiger partial charge is 0.394 e. The minimum absolute atomic E-state index is 0.0645. The third kappa shape index (κ3) is 3.89. The highest BCUT2D eigenvalue weighted by atomic mass is 19.1. The van der Waals surface area contributed by atoms with E-state index in [1.165, 1.54) is 6.07 Å². The normalized spacial score (nSPS) is 21.0. The number of aliphatic hydroxyl groups excluding tert-OH is 1. The summed E-state index contributed by atoms with van der Waals surface area (Å²) in [6.07, 6.45) is 0.114. The molecule has 24 heavy (non-hydrogen) atoms. The van der Waals surface area contributed by atoms with Crippen molar-refractivity contribution in [1.29, 1.82) is 0 Å². The Labute approximate surface area is 141 Å². The first-order valence-electron chi connectivity index (χ1n) is 8.17. The van der Waals surface area contributed by atoms with Crippen LogP contribution in [0.2, 0.25) is 0 Å². The summed E-state index contributed by atoms with van der Waals surface area (Å²) >= 11 is 0. The number of halogens is 1. The molecule has 0 bridgehead atoms. The number of carbonyl (C=O) groups is 1. The first kappa shape index (κ1) is 16.8. The van der Waals surface area contributed by atoms with Gasteiger partial charge >= 0.3 is 0 Å². The first-order chi connectivity index (χ1) is 11.5. The third-order valence-corrected chi connectivity index (χ3v) is 4.39. The Balaban J connectivity index is 1.83. The summed E-state index contributed by atoms with van der Waals surface area (Å²) in [5, 5.41) is 9.25. The van der Waals surface area contributed by atoms with Gasteiger partial charge in [0.1, 0.15) is 11.6 Å².